The summed E-state index contributed by atoms with van der Waals surface area (Å²) in [6.45, 7) is 5.60. The second-order valence-corrected chi connectivity index (χ2v) is 11.9. The largest absolute Gasteiger partial charge is 0.483 e. The van der Waals surface area contributed by atoms with E-state index in [1.54, 1.807) is 15.9 Å². The van der Waals surface area contributed by atoms with E-state index in [1.165, 1.54) is 11.0 Å². The number of amides is 4. The summed E-state index contributed by atoms with van der Waals surface area (Å²) in [5, 5.41) is 26.7. The second-order valence-electron chi connectivity index (χ2n) is 11.9. The summed E-state index contributed by atoms with van der Waals surface area (Å²) in [5.74, 6) is -0.574. The maximum atomic E-state index is 13.8. The van der Waals surface area contributed by atoms with Gasteiger partial charge in [-0.1, -0.05) is 24.6 Å². The number of hydrogen-bond donors (Lipinski definition) is 2. The number of hydrogen-bond acceptors (Lipinski definition) is 11. The molecule has 5 rings (SSSR count). The lowest BCUT2D eigenvalue weighted by atomic mass is 10.1. The van der Waals surface area contributed by atoms with Crippen molar-refractivity contribution in [2.24, 2.45) is 0 Å². The van der Waals surface area contributed by atoms with Gasteiger partial charge in [-0.2, -0.15) is 10.5 Å². The molecule has 16 heteroatoms. The summed E-state index contributed by atoms with van der Waals surface area (Å²) in [5.41, 5.74) is 1.39. The smallest absolute Gasteiger partial charge is 0.409 e. The fourth-order valence-corrected chi connectivity index (χ4v) is 5.74. The molecule has 4 heterocycles. The Morgan fingerprint density at radius 1 is 1.12 bits per heavy atom. The fourth-order valence-electron chi connectivity index (χ4n) is 5.74. The zero-order valence-corrected chi connectivity index (χ0v) is 27.2. The van der Waals surface area contributed by atoms with E-state index < -0.39 is 24.1 Å². The van der Waals surface area contributed by atoms with Crippen molar-refractivity contribution in [1.82, 2.24) is 45.6 Å². The number of nitriles is 1. The number of ether oxygens (including phenoxy) is 2. The number of carbonyl (C=O) groups is 4. The molecule has 2 N–H and O–H groups in total. The number of aromatic nitrogens is 5. The second kappa shape index (κ2) is 16.0. The Morgan fingerprint density at radius 3 is 2.65 bits per heavy atom. The standard InChI is InChI=1S/C32H40N10O6/c1-3-4-16-47-32(46)41-14-12-40(13-15-41)31(45)24(9-10-28-36-38-39-37-28)35-30(44)26-18-27(23-8-7-21(2)17-25(23)34-26)48-20-29(43)42-11-5-6-22(42)19-33/h7-8,17-18,22,24H,3-6,9-16,20H2,1-2H3,(H,35,44)(H,36,37,38,39). The molecule has 3 aromatic rings. The number of carbonyl (C=O) groups excluding carboxylic acids is 4. The minimum absolute atomic E-state index is 0.00336. The van der Waals surface area contributed by atoms with Crippen molar-refractivity contribution in [3.63, 3.8) is 0 Å². The zero-order valence-electron chi connectivity index (χ0n) is 27.2. The van der Waals surface area contributed by atoms with Crippen LogP contribution in [-0.4, -0.2) is 122 Å². The third kappa shape index (κ3) is 8.33. The first kappa shape index (κ1) is 34.0. The first-order chi connectivity index (χ1) is 23.3. The maximum Gasteiger partial charge on any atom is 0.409 e. The summed E-state index contributed by atoms with van der Waals surface area (Å²) in [6, 6.07) is 7.66. The van der Waals surface area contributed by atoms with Crippen LogP contribution in [0.4, 0.5) is 4.79 Å². The number of tetrazole rings is 1. The molecule has 2 fully saturated rings. The van der Waals surface area contributed by atoms with Crippen LogP contribution in [0.1, 0.15) is 60.9 Å². The normalized spacial score (nSPS) is 16.8. The molecular formula is C32H40N10O6. The van der Waals surface area contributed by atoms with E-state index in [1.807, 2.05) is 26.0 Å². The topological polar surface area (TPSA) is 200 Å². The van der Waals surface area contributed by atoms with Gasteiger partial charge in [0.1, 0.15) is 23.5 Å². The van der Waals surface area contributed by atoms with Crippen molar-refractivity contribution in [3.05, 3.63) is 41.3 Å². The van der Waals surface area contributed by atoms with Crippen LogP contribution in [0, 0.1) is 18.3 Å². The molecule has 2 unspecified atom stereocenters. The Labute approximate surface area is 277 Å². The van der Waals surface area contributed by atoms with Gasteiger partial charge in [0.25, 0.3) is 11.8 Å². The molecule has 254 valence electrons. The highest BCUT2D eigenvalue weighted by atomic mass is 16.6. The predicted octanol–water partition coefficient (Wildman–Crippen LogP) is 1.76. The van der Waals surface area contributed by atoms with Crippen LogP contribution < -0.4 is 10.1 Å². The van der Waals surface area contributed by atoms with Crippen LogP contribution >= 0.6 is 0 Å². The molecule has 4 amide bonds. The summed E-state index contributed by atoms with van der Waals surface area (Å²) in [7, 11) is 0. The lowest BCUT2D eigenvalue weighted by Gasteiger charge is -2.36. The number of aromatic amines is 1. The van der Waals surface area contributed by atoms with Crippen molar-refractivity contribution in [2.45, 2.75) is 64.5 Å². The SMILES string of the molecule is CCCCOC(=O)N1CCN(C(=O)C(CCc2nn[nH]n2)NC(=O)c2cc(OCC(=O)N3CCCC3C#N)c3ccc(C)cc3n2)CC1. The van der Waals surface area contributed by atoms with Crippen LogP contribution in [0.2, 0.25) is 0 Å². The molecule has 0 bridgehead atoms. The monoisotopic (exact) mass is 660 g/mol. The number of fused-ring (bicyclic) bond motifs is 1. The quantitative estimate of drug-likeness (QED) is 0.268. The van der Waals surface area contributed by atoms with Gasteiger partial charge in [0.2, 0.25) is 5.91 Å². The summed E-state index contributed by atoms with van der Waals surface area (Å²) < 4.78 is 11.3. The van der Waals surface area contributed by atoms with Gasteiger partial charge in [-0.05, 0) is 50.3 Å². The van der Waals surface area contributed by atoms with Crippen LogP contribution in [0.15, 0.2) is 24.3 Å². The van der Waals surface area contributed by atoms with Gasteiger partial charge in [-0.15, -0.1) is 10.2 Å². The number of benzene rings is 1. The molecule has 0 spiro atoms. The van der Waals surface area contributed by atoms with Crippen LogP contribution in [0.25, 0.3) is 10.9 Å². The van der Waals surface area contributed by atoms with Gasteiger partial charge in [0.05, 0.1) is 18.2 Å². The summed E-state index contributed by atoms with van der Waals surface area (Å²) in [6.07, 6.45) is 3.11. The third-order valence-corrected chi connectivity index (χ3v) is 8.46. The number of nitrogens with one attached hydrogen (secondary N) is 2. The molecule has 2 atom stereocenters. The average molecular weight is 661 g/mol. The minimum atomic E-state index is -0.960. The summed E-state index contributed by atoms with van der Waals surface area (Å²) >= 11 is 0. The van der Waals surface area contributed by atoms with Gasteiger partial charge >= 0.3 is 6.09 Å². The molecule has 2 aliphatic rings. The number of aryl methyl sites for hydroxylation is 2. The number of rotatable bonds is 12. The molecule has 0 radical (unpaired) electrons. The Morgan fingerprint density at radius 2 is 1.92 bits per heavy atom. The molecular weight excluding hydrogens is 620 g/mol. The lowest BCUT2D eigenvalue weighted by Crippen LogP contribution is -2.56. The van der Waals surface area contributed by atoms with E-state index in [9.17, 15) is 24.4 Å². The number of nitrogens with zero attached hydrogens (tertiary/aromatic N) is 8. The van der Waals surface area contributed by atoms with E-state index in [-0.39, 0.29) is 55.8 Å². The molecule has 48 heavy (non-hydrogen) atoms. The van der Waals surface area contributed by atoms with Crippen molar-refractivity contribution in [3.8, 4) is 11.8 Å². The van der Waals surface area contributed by atoms with Crippen molar-refractivity contribution >= 4 is 34.7 Å². The molecule has 2 aromatic heterocycles. The van der Waals surface area contributed by atoms with E-state index in [0.717, 1.165) is 24.8 Å². The Balaban J connectivity index is 1.31. The first-order valence-electron chi connectivity index (χ1n) is 16.2. The van der Waals surface area contributed by atoms with Gasteiger partial charge in [-0.3, -0.25) is 14.4 Å². The van der Waals surface area contributed by atoms with Crippen LogP contribution in [0.3, 0.4) is 0 Å². The average Bonchev–Trinajstić information content (AvgIpc) is 3.81. The first-order valence-corrected chi connectivity index (χ1v) is 16.2. The van der Waals surface area contributed by atoms with Gasteiger partial charge in [0.15, 0.2) is 12.4 Å². The van der Waals surface area contributed by atoms with Crippen LogP contribution in [-0.2, 0) is 20.7 Å². The Bertz CT molecular complexity index is 1650. The maximum absolute atomic E-state index is 13.8. The van der Waals surface area contributed by atoms with Crippen LogP contribution in [0.5, 0.6) is 5.75 Å². The van der Waals surface area contributed by atoms with Crippen molar-refractivity contribution in [1.29, 1.82) is 5.26 Å². The highest BCUT2D eigenvalue weighted by Gasteiger charge is 2.32. The highest BCUT2D eigenvalue weighted by Crippen LogP contribution is 2.27. The number of pyridine rings is 1. The van der Waals surface area contributed by atoms with Gasteiger partial charge in [-0.25, -0.2) is 9.78 Å². The Kier molecular flexibility index (Phi) is 11.3. The number of likely N-dealkylation sites (tertiary alicyclic amines) is 1. The fraction of sp³-hybridized carbons (Fsp3) is 0.531. The molecule has 1 aromatic carbocycles. The van der Waals surface area contributed by atoms with E-state index >= 15 is 0 Å². The molecule has 0 aliphatic carbocycles. The third-order valence-electron chi connectivity index (χ3n) is 8.46. The van der Waals surface area contributed by atoms with E-state index in [0.29, 0.717) is 49.4 Å². The zero-order chi connectivity index (χ0) is 34.0. The molecule has 2 aliphatic heterocycles. The predicted molar refractivity (Wildman–Crippen MR) is 170 cm³/mol. The molecule has 16 nitrogen and oxygen atoms in total. The molecule has 0 saturated carbocycles. The van der Waals surface area contributed by atoms with Crippen molar-refractivity contribution < 1.29 is 28.7 Å². The number of H-pyrrole nitrogens is 1. The van der Waals surface area contributed by atoms with Gasteiger partial charge in [0, 0.05) is 50.6 Å². The minimum Gasteiger partial charge on any atom is -0.483 e. The number of piperazine rings is 1. The lowest BCUT2D eigenvalue weighted by molar-refractivity contribution is -0.135. The van der Waals surface area contributed by atoms with E-state index in [2.05, 4.69) is 37.0 Å². The van der Waals surface area contributed by atoms with E-state index in [4.69, 9.17) is 9.47 Å². The number of unbranched alkanes of at least 4 members (excludes halogenated alkanes) is 1. The van der Waals surface area contributed by atoms with Gasteiger partial charge < -0.3 is 29.5 Å². The van der Waals surface area contributed by atoms with Crippen molar-refractivity contribution in [2.75, 3.05) is 45.9 Å². The highest BCUT2D eigenvalue weighted by molar-refractivity contribution is 5.99. The molecule has 2 saturated heterocycles. The Hall–Kier alpha value is -5.33. The summed E-state index contributed by atoms with van der Waals surface area (Å²) in [4.78, 5) is 62.1.